The Kier molecular flexibility index (Phi) is 7.11. The van der Waals surface area contributed by atoms with Crippen LogP contribution in [0.3, 0.4) is 0 Å². The van der Waals surface area contributed by atoms with Crippen LogP contribution in [0.25, 0.3) is 131 Å². The third-order valence-electron chi connectivity index (χ3n) is 13.2. The molecule has 0 heteroatoms. The summed E-state index contributed by atoms with van der Waals surface area (Å²) in [5, 5.41) is 20.4. The predicted molar refractivity (Wildman–Crippen MR) is 259 cm³/mol. The van der Waals surface area contributed by atoms with E-state index in [0.29, 0.717) is 0 Å². The van der Waals surface area contributed by atoms with E-state index in [4.69, 9.17) is 0 Å². The van der Waals surface area contributed by atoms with Gasteiger partial charge in [0.1, 0.15) is 0 Å². The molecule has 0 radical (unpaired) electrons. The molecule has 0 fully saturated rings. The van der Waals surface area contributed by atoms with Gasteiger partial charge in [-0.2, -0.15) is 0 Å². The van der Waals surface area contributed by atoms with Crippen LogP contribution < -0.4 is 0 Å². The molecule has 0 saturated carbocycles. The molecule has 0 aliphatic rings. The quantitative estimate of drug-likeness (QED) is 0.157. The first-order chi connectivity index (χ1) is 29.8. The Morgan fingerprint density at radius 3 is 1.30 bits per heavy atom. The average molecular weight is 757 g/mol. The predicted octanol–water partition coefficient (Wildman–Crippen LogP) is 17.0. The molecule has 0 bridgehead atoms. The summed E-state index contributed by atoms with van der Waals surface area (Å²) in [7, 11) is 0. The van der Waals surface area contributed by atoms with Gasteiger partial charge in [0.05, 0.1) is 0 Å². The number of benzene rings is 13. The lowest BCUT2D eigenvalue weighted by molar-refractivity contribution is 1.63. The fraction of sp³-hybridized carbons (Fsp3) is 0. The van der Waals surface area contributed by atoms with Gasteiger partial charge in [0, 0.05) is 0 Å². The molecule has 60 heavy (non-hydrogen) atoms. The van der Waals surface area contributed by atoms with Crippen molar-refractivity contribution in [3.63, 3.8) is 0 Å². The zero-order valence-electron chi connectivity index (χ0n) is 32.8. The summed E-state index contributed by atoms with van der Waals surface area (Å²) in [4.78, 5) is 0. The first kappa shape index (κ1) is 33.2. The van der Waals surface area contributed by atoms with E-state index in [9.17, 15) is 0 Å². The van der Waals surface area contributed by atoms with Crippen molar-refractivity contribution in [2.75, 3.05) is 0 Å². The molecule has 0 atom stereocenters. The molecule has 276 valence electrons. The molecule has 0 saturated heterocycles. The van der Waals surface area contributed by atoms with Crippen molar-refractivity contribution in [2.24, 2.45) is 0 Å². The zero-order chi connectivity index (χ0) is 39.3. The number of hydrogen-bond acceptors (Lipinski definition) is 0. The van der Waals surface area contributed by atoms with E-state index in [0.717, 1.165) is 0 Å². The maximum absolute atomic E-state index is 2.48. The van der Waals surface area contributed by atoms with E-state index >= 15 is 0 Å². The van der Waals surface area contributed by atoms with Crippen LogP contribution in [0.5, 0.6) is 0 Å². The molecule has 0 aliphatic carbocycles. The van der Waals surface area contributed by atoms with Crippen LogP contribution >= 0.6 is 0 Å². The maximum atomic E-state index is 2.48. The van der Waals surface area contributed by atoms with E-state index in [1.807, 2.05) is 0 Å². The molecule has 13 rings (SSSR count). The molecule has 0 heterocycles. The minimum absolute atomic E-state index is 1.21. The Hall–Kier alpha value is -7.80. The lowest BCUT2D eigenvalue weighted by Crippen LogP contribution is -1.94. The molecule has 13 aromatic rings. The minimum Gasteiger partial charge on any atom is -0.0616 e. The van der Waals surface area contributed by atoms with Gasteiger partial charge in [-0.25, -0.2) is 0 Å². The normalized spacial score (nSPS) is 12.0. The van der Waals surface area contributed by atoms with E-state index in [1.165, 1.54) is 131 Å². The Morgan fingerprint density at radius 2 is 0.617 bits per heavy atom. The second-order valence-corrected chi connectivity index (χ2v) is 16.3. The lowest BCUT2D eigenvalue weighted by atomic mass is 9.82. The van der Waals surface area contributed by atoms with Crippen LogP contribution in [0.1, 0.15) is 0 Å². The van der Waals surface area contributed by atoms with Crippen LogP contribution in [0.2, 0.25) is 0 Å². The molecular weight excluding hydrogens is 721 g/mol. The summed E-state index contributed by atoms with van der Waals surface area (Å²) < 4.78 is 0. The smallest absolute Gasteiger partial charge is 0.00141 e. The third kappa shape index (κ3) is 4.86. The third-order valence-corrected chi connectivity index (χ3v) is 13.2. The van der Waals surface area contributed by atoms with Crippen LogP contribution in [-0.2, 0) is 0 Å². The summed E-state index contributed by atoms with van der Waals surface area (Å²) in [5.41, 5.74) is 9.98. The van der Waals surface area contributed by atoms with Crippen molar-refractivity contribution in [3.8, 4) is 44.5 Å². The first-order valence-electron chi connectivity index (χ1n) is 20.9. The van der Waals surface area contributed by atoms with Gasteiger partial charge in [-0.1, -0.05) is 194 Å². The highest BCUT2D eigenvalue weighted by Gasteiger charge is 2.21. The summed E-state index contributed by atoms with van der Waals surface area (Å²) >= 11 is 0. The van der Waals surface area contributed by atoms with Gasteiger partial charge < -0.3 is 0 Å². The number of rotatable bonds is 4. The summed E-state index contributed by atoms with van der Waals surface area (Å²) in [5.74, 6) is 0. The van der Waals surface area contributed by atoms with Gasteiger partial charge in [-0.05, 0) is 155 Å². The summed E-state index contributed by atoms with van der Waals surface area (Å²) in [6.45, 7) is 0. The van der Waals surface area contributed by atoms with Crippen molar-refractivity contribution < 1.29 is 0 Å². The van der Waals surface area contributed by atoms with Gasteiger partial charge >= 0.3 is 0 Å². The average Bonchev–Trinajstić information content (AvgIpc) is 3.32. The van der Waals surface area contributed by atoms with Crippen molar-refractivity contribution in [1.29, 1.82) is 0 Å². The monoisotopic (exact) mass is 756 g/mol. The van der Waals surface area contributed by atoms with Gasteiger partial charge in [-0.15, -0.1) is 0 Å². The van der Waals surface area contributed by atoms with Crippen LogP contribution in [-0.4, -0.2) is 0 Å². The molecule has 0 unspecified atom stereocenters. The van der Waals surface area contributed by atoms with E-state index < -0.39 is 0 Å². The van der Waals surface area contributed by atoms with Gasteiger partial charge in [0.2, 0.25) is 0 Å². The van der Waals surface area contributed by atoms with Gasteiger partial charge in [0.15, 0.2) is 0 Å². The highest BCUT2D eigenvalue weighted by atomic mass is 14.2. The van der Waals surface area contributed by atoms with E-state index in [-0.39, 0.29) is 0 Å². The van der Waals surface area contributed by atoms with Crippen LogP contribution in [0, 0.1) is 0 Å². The topological polar surface area (TPSA) is 0 Å². The summed E-state index contributed by atoms with van der Waals surface area (Å²) in [6.07, 6.45) is 0. The van der Waals surface area contributed by atoms with Crippen LogP contribution in [0.15, 0.2) is 218 Å². The van der Waals surface area contributed by atoms with Crippen LogP contribution in [0.4, 0.5) is 0 Å². The standard InChI is InChI=1S/C60H36/c1-4-19-43-37(13-1)16-12-26-44(43)39-17-11-18-40(33-39)55-36-58(57-35-42-15-3-6-21-46(42)48-23-8-10-25-50(48)57)54-30-28-38-27-29-51(52-31-32-53(55)60(54)59(38)52)56-34-41-14-2-5-20-45(41)47-22-7-9-24-49(47)56/h1-36H. The molecule has 0 nitrogen and oxygen atoms in total. The Bertz CT molecular complexity index is 3880. The Balaban J connectivity index is 1.15. The minimum atomic E-state index is 1.21. The first-order valence-corrected chi connectivity index (χ1v) is 20.9. The van der Waals surface area contributed by atoms with Crippen molar-refractivity contribution in [3.05, 3.63) is 218 Å². The number of hydrogen-bond donors (Lipinski definition) is 0. The largest absolute Gasteiger partial charge is 0.0616 e. The SMILES string of the molecule is c1cc(-c2cccc3ccccc23)cc(-c2cc(-c3cc4ccccc4c4ccccc34)c3ccc4ccc(-c5cc6ccccc6c6ccccc56)c5ccc2c3c45)c1. The fourth-order valence-electron chi connectivity index (χ4n) is 10.5. The highest BCUT2D eigenvalue weighted by Crippen LogP contribution is 2.49. The zero-order valence-corrected chi connectivity index (χ0v) is 32.8. The van der Waals surface area contributed by atoms with Gasteiger partial charge in [0.25, 0.3) is 0 Å². The molecule has 0 spiro atoms. The maximum Gasteiger partial charge on any atom is -0.00141 e. The molecule has 0 aromatic heterocycles. The molecular formula is C60H36. The molecule has 0 amide bonds. The Morgan fingerprint density at radius 1 is 0.167 bits per heavy atom. The Labute approximate surface area is 347 Å². The molecule has 0 N–H and O–H groups in total. The molecule has 13 aromatic carbocycles. The van der Waals surface area contributed by atoms with Crippen molar-refractivity contribution >= 4 is 86.2 Å². The molecule has 0 aliphatic heterocycles. The van der Waals surface area contributed by atoms with Crippen molar-refractivity contribution in [1.82, 2.24) is 0 Å². The van der Waals surface area contributed by atoms with E-state index in [1.54, 1.807) is 0 Å². The number of fused-ring (bicyclic) bond motifs is 7. The summed E-state index contributed by atoms with van der Waals surface area (Å²) in [6, 6.07) is 81.6. The second-order valence-electron chi connectivity index (χ2n) is 16.3. The lowest BCUT2D eigenvalue weighted by Gasteiger charge is -2.21. The second kappa shape index (κ2) is 12.9. The van der Waals surface area contributed by atoms with E-state index in [2.05, 4.69) is 218 Å². The fourth-order valence-corrected chi connectivity index (χ4v) is 10.5. The highest BCUT2D eigenvalue weighted by molar-refractivity contribution is 6.32. The van der Waals surface area contributed by atoms with Crippen molar-refractivity contribution in [2.45, 2.75) is 0 Å². The van der Waals surface area contributed by atoms with Gasteiger partial charge in [-0.3, -0.25) is 0 Å².